The number of piperidine rings is 1. The highest BCUT2D eigenvalue weighted by molar-refractivity contribution is 7.98. The molecule has 0 bridgehead atoms. The fourth-order valence-electron chi connectivity index (χ4n) is 4.31. The first-order chi connectivity index (χ1) is 16.6. The number of thioether (sulfide) groups is 1. The second-order valence-electron chi connectivity index (χ2n) is 8.50. The molecule has 2 N–H and O–H groups in total. The number of hydrogen-bond acceptors (Lipinski definition) is 9. The average Bonchev–Trinajstić information content (AvgIpc) is 2.88. The van der Waals surface area contributed by atoms with Gasteiger partial charge in [-0.15, -0.1) is 0 Å². The van der Waals surface area contributed by atoms with Crippen LogP contribution in [0.5, 0.6) is 0 Å². The highest BCUT2D eigenvalue weighted by Gasteiger charge is 2.28. The zero-order valence-corrected chi connectivity index (χ0v) is 20.4. The van der Waals surface area contributed by atoms with E-state index in [0.29, 0.717) is 62.0 Å². The van der Waals surface area contributed by atoms with Gasteiger partial charge in [0.05, 0.1) is 13.1 Å². The lowest BCUT2D eigenvalue weighted by Crippen LogP contribution is -2.42. The normalized spacial score (nSPS) is 17.9. The van der Waals surface area contributed by atoms with Crippen LogP contribution < -0.4 is 15.5 Å². The highest BCUT2D eigenvalue weighted by atomic mass is 32.2. The van der Waals surface area contributed by atoms with E-state index in [-0.39, 0.29) is 11.8 Å². The Morgan fingerprint density at radius 3 is 2.47 bits per heavy atom. The third kappa shape index (κ3) is 5.06. The molecule has 0 radical (unpaired) electrons. The summed E-state index contributed by atoms with van der Waals surface area (Å²) in [7, 11) is 0. The molecule has 2 aliphatic rings. The first-order valence-corrected chi connectivity index (χ1v) is 13.9. The van der Waals surface area contributed by atoms with E-state index in [4.69, 9.17) is 15.7 Å². The van der Waals surface area contributed by atoms with Crippen molar-refractivity contribution in [2.45, 2.75) is 23.6 Å². The minimum atomic E-state index is -0.791. The van der Waals surface area contributed by atoms with Crippen LogP contribution in [0, 0.1) is 5.92 Å². The van der Waals surface area contributed by atoms with Crippen molar-refractivity contribution in [1.29, 1.82) is 0 Å². The molecule has 2 aromatic heterocycles. The molecular weight excluding hydrogens is 470 g/mol. The standard InChI is InChI=1S/C23H27N7O2S2/c24-20(31)17-6-8-30(9-7-17)23-27-19-18(21(28-23)29-10-12-34(32)13-11-29)25-15-26-22(19)33-14-16-4-2-1-3-5-16/h1-5,15,17H,6-14H2,(H2,24,31). The van der Waals surface area contributed by atoms with Crippen LogP contribution in [0.2, 0.25) is 0 Å². The van der Waals surface area contributed by atoms with Gasteiger partial charge in [0.25, 0.3) is 0 Å². The molecule has 0 unspecified atom stereocenters. The van der Waals surface area contributed by atoms with Crippen molar-refractivity contribution in [3.05, 3.63) is 42.2 Å². The first-order valence-electron chi connectivity index (χ1n) is 11.4. The van der Waals surface area contributed by atoms with Crippen molar-refractivity contribution in [3.8, 4) is 0 Å². The van der Waals surface area contributed by atoms with Crippen molar-refractivity contribution in [2.24, 2.45) is 11.7 Å². The maximum Gasteiger partial charge on any atom is 0.228 e. The van der Waals surface area contributed by atoms with E-state index in [1.165, 1.54) is 5.56 Å². The molecule has 0 spiro atoms. The highest BCUT2D eigenvalue weighted by Crippen LogP contribution is 2.33. The van der Waals surface area contributed by atoms with Crippen LogP contribution in [0.3, 0.4) is 0 Å². The Kier molecular flexibility index (Phi) is 7.02. The summed E-state index contributed by atoms with van der Waals surface area (Å²) in [6.07, 6.45) is 2.95. The summed E-state index contributed by atoms with van der Waals surface area (Å²) < 4.78 is 12.0. The van der Waals surface area contributed by atoms with Crippen molar-refractivity contribution < 1.29 is 9.35 Å². The molecule has 11 heteroatoms. The number of amides is 1. The molecule has 9 nitrogen and oxygen atoms in total. The Labute approximate surface area is 205 Å². The Morgan fingerprint density at radius 2 is 1.76 bits per heavy atom. The number of nitrogens with zero attached hydrogens (tertiary/aromatic N) is 6. The lowest BCUT2D eigenvalue weighted by atomic mass is 9.96. The summed E-state index contributed by atoms with van der Waals surface area (Å²) in [5.74, 6) is 3.04. The van der Waals surface area contributed by atoms with E-state index >= 15 is 0 Å². The molecule has 1 aromatic carbocycles. The summed E-state index contributed by atoms with van der Waals surface area (Å²) in [5, 5.41) is 0.811. The van der Waals surface area contributed by atoms with Crippen molar-refractivity contribution >= 4 is 51.6 Å². The fourth-order valence-corrected chi connectivity index (χ4v) is 6.26. The van der Waals surface area contributed by atoms with Crippen molar-refractivity contribution in [1.82, 2.24) is 19.9 Å². The summed E-state index contributed by atoms with van der Waals surface area (Å²) in [6, 6.07) is 10.3. The number of fused-ring (bicyclic) bond motifs is 1. The minimum Gasteiger partial charge on any atom is -0.616 e. The van der Waals surface area contributed by atoms with Gasteiger partial charge in [0, 0.05) is 24.8 Å². The zero-order valence-electron chi connectivity index (χ0n) is 18.8. The van der Waals surface area contributed by atoms with Crippen LogP contribution in [0.1, 0.15) is 18.4 Å². The average molecular weight is 498 g/mol. The predicted octanol–water partition coefficient (Wildman–Crippen LogP) is 1.98. The Balaban J connectivity index is 1.50. The molecule has 2 aliphatic heterocycles. The predicted molar refractivity (Wildman–Crippen MR) is 135 cm³/mol. The molecule has 3 aromatic rings. The molecule has 0 aliphatic carbocycles. The van der Waals surface area contributed by atoms with Gasteiger partial charge in [-0.3, -0.25) is 4.79 Å². The van der Waals surface area contributed by atoms with E-state index < -0.39 is 11.2 Å². The molecule has 2 fully saturated rings. The maximum atomic E-state index is 12.0. The third-order valence-corrected chi connectivity index (χ3v) is 8.62. The molecular formula is C23H27N7O2S2. The van der Waals surface area contributed by atoms with Gasteiger partial charge in [-0.25, -0.2) is 15.0 Å². The van der Waals surface area contributed by atoms with E-state index in [1.54, 1.807) is 18.1 Å². The van der Waals surface area contributed by atoms with E-state index in [2.05, 4.69) is 31.9 Å². The van der Waals surface area contributed by atoms with Crippen LogP contribution in [0.25, 0.3) is 11.0 Å². The SMILES string of the molecule is NC(=O)C1CCN(c2nc(N3CC[S+]([O-])CC3)c3ncnc(SCc4ccccc4)c3n2)CC1. The monoisotopic (exact) mass is 497 g/mol. The third-order valence-electron chi connectivity index (χ3n) is 6.29. The lowest BCUT2D eigenvalue weighted by Gasteiger charge is -2.33. The number of carbonyl (C=O) groups is 1. The van der Waals surface area contributed by atoms with Crippen LogP contribution in [0.15, 0.2) is 41.7 Å². The molecule has 1 amide bonds. The second kappa shape index (κ2) is 10.3. The summed E-state index contributed by atoms with van der Waals surface area (Å²) in [4.78, 5) is 34.9. The lowest BCUT2D eigenvalue weighted by molar-refractivity contribution is -0.122. The Hall–Kier alpha value is -2.63. The molecule has 5 rings (SSSR count). The van der Waals surface area contributed by atoms with E-state index in [0.717, 1.165) is 22.1 Å². The van der Waals surface area contributed by atoms with Crippen LogP contribution in [-0.4, -0.2) is 68.1 Å². The Morgan fingerprint density at radius 1 is 1.03 bits per heavy atom. The van der Waals surface area contributed by atoms with Crippen LogP contribution in [0.4, 0.5) is 11.8 Å². The molecule has 4 heterocycles. The molecule has 0 atom stereocenters. The van der Waals surface area contributed by atoms with Gasteiger partial charge in [0.15, 0.2) is 5.82 Å². The van der Waals surface area contributed by atoms with Crippen molar-refractivity contribution in [2.75, 3.05) is 47.5 Å². The smallest absolute Gasteiger partial charge is 0.228 e. The quantitative estimate of drug-likeness (QED) is 0.309. The molecule has 2 saturated heterocycles. The van der Waals surface area contributed by atoms with Crippen molar-refractivity contribution in [3.63, 3.8) is 0 Å². The van der Waals surface area contributed by atoms with E-state index in [1.807, 2.05) is 18.2 Å². The number of carbonyl (C=O) groups excluding carboxylic acids is 1. The van der Waals surface area contributed by atoms with Crippen LogP contribution in [-0.2, 0) is 21.7 Å². The van der Waals surface area contributed by atoms with E-state index in [9.17, 15) is 9.35 Å². The Bertz CT molecular complexity index is 1150. The molecule has 0 saturated carbocycles. The number of nitrogens with two attached hydrogens (primary N) is 1. The summed E-state index contributed by atoms with van der Waals surface area (Å²) in [5.41, 5.74) is 8.17. The second-order valence-corrected chi connectivity index (χ2v) is 11.2. The number of rotatable bonds is 6. The summed E-state index contributed by atoms with van der Waals surface area (Å²) in [6.45, 7) is 2.67. The largest absolute Gasteiger partial charge is 0.616 e. The first kappa shape index (κ1) is 23.1. The van der Waals surface area contributed by atoms with Gasteiger partial charge < -0.3 is 20.1 Å². The fraction of sp³-hybridized carbons (Fsp3) is 0.435. The van der Waals surface area contributed by atoms with Gasteiger partial charge in [-0.2, -0.15) is 4.98 Å². The number of anilines is 2. The number of hydrogen-bond donors (Lipinski definition) is 1. The number of primary amides is 1. The molecule has 34 heavy (non-hydrogen) atoms. The van der Waals surface area contributed by atoms with Gasteiger partial charge in [-0.1, -0.05) is 53.3 Å². The van der Waals surface area contributed by atoms with Crippen LogP contribution >= 0.6 is 11.8 Å². The number of benzene rings is 1. The zero-order chi connectivity index (χ0) is 23.5. The number of aromatic nitrogens is 4. The summed E-state index contributed by atoms with van der Waals surface area (Å²) >= 11 is 0.839. The van der Waals surface area contributed by atoms with Gasteiger partial charge in [0.2, 0.25) is 11.9 Å². The van der Waals surface area contributed by atoms with Gasteiger partial charge >= 0.3 is 0 Å². The van der Waals surface area contributed by atoms with Gasteiger partial charge in [-0.05, 0) is 18.4 Å². The minimum absolute atomic E-state index is 0.103. The molecule has 178 valence electrons. The maximum absolute atomic E-state index is 12.0. The topological polar surface area (TPSA) is 124 Å². The van der Waals surface area contributed by atoms with Gasteiger partial charge in [0.1, 0.15) is 33.9 Å².